The lowest BCUT2D eigenvalue weighted by Crippen LogP contribution is -2.35. The average Bonchev–Trinajstić information content (AvgIpc) is 3.18. The molecule has 1 fully saturated rings. The molecule has 1 aliphatic rings. The number of hydrogen-bond acceptors (Lipinski definition) is 7. The zero-order chi connectivity index (χ0) is 19.4. The second-order valence-corrected chi connectivity index (χ2v) is 6.64. The number of hydrogen-bond donors (Lipinski definition) is 3. The first kappa shape index (κ1) is 19.6. The molecule has 0 aliphatic carbocycles. The summed E-state index contributed by atoms with van der Waals surface area (Å²) in [7, 11) is 0. The highest BCUT2D eigenvalue weighted by molar-refractivity contribution is 5.73. The minimum atomic E-state index is -1.35. The van der Waals surface area contributed by atoms with Crippen molar-refractivity contribution < 1.29 is 24.5 Å². The van der Waals surface area contributed by atoms with Gasteiger partial charge < -0.3 is 24.5 Å². The summed E-state index contributed by atoms with van der Waals surface area (Å²) >= 11 is 0. The van der Waals surface area contributed by atoms with E-state index in [1.54, 1.807) is 6.07 Å². The Hall–Kier alpha value is -2.18. The summed E-state index contributed by atoms with van der Waals surface area (Å²) < 4.78 is 12.0. The van der Waals surface area contributed by atoms with E-state index in [9.17, 15) is 20.1 Å². The Bertz CT molecular complexity index is 893. The van der Waals surface area contributed by atoms with Crippen molar-refractivity contribution in [2.24, 2.45) is 0 Å². The van der Waals surface area contributed by atoms with E-state index < -0.39 is 36.8 Å². The van der Waals surface area contributed by atoms with Crippen LogP contribution in [0.5, 0.6) is 0 Å². The fraction of sp³-hybridized carbons (Fsp3) is 0.579. The zero-order valence-corrected chi connectivity index (χ0v) is 15.2. The van der Waals surface area contributed by atoms with Crippen molar-refractivity contribution in [3.8, 4) is 11.8 Å². The molecule has 3 heterocycles. The van der Waals surface area contributed by atoms with Gasteiger partial charge in [-0.15, -0.1) is 0 Å². The number of fused-ring (bicyclic) bond motifs is 1. The predicted molar refractivity (Wildman–Crippen MR) is 96.9 cm³/mol. The first-order valence-electron chi connectivity index (χ1n) is 9.19. The molecule has 8 nitrogen and oxygen atoms in total. The van der Waals surface area contributed by atoms with Crippen LogP contribution in [0.3, 0.4) is 0 Å². The zero-order valence-electron chi connectivity index (χ0n) is 15.2. The van der Waals surface area contributed by atoms with E-state index in [1.807, 2.05) is 0 Å². The van der Waals surface area contributed by atoms with Gasteiger partial charge in [-0.05, 0) is 12.3 Å². The number of unbranched alkanes of at least 4 members (excludes halogenated alkanes) is 4. The van der Waals surface area contributed by atoms with Gasteiger partial charge in [0.15, 0.2) is 12.0 Å². The highest BCUT2D eigenvalue weighted by Gasteiger charge is 2.43. The van der Waals surface area contributed by atoms with Crippen LogP contribution in [0.25, 0.3) is 11.1 Å². The molecule has 1 saturated heterocycles. The normalized spacial score (nSPS) is 24.9. The molecule has 4 atom stereocenters. The average molecular weight is 376 g/mol. The van der Waals surface area contributed by atoms with Crippen LogP contribution in [-0.2, 0) is 4.74 Å². The van der Waals surface area contributed by atoms with Crippen molar-refractivity contribution in [3.63, 3.8) is 0 Å². The minimum Gasteiger partial charge on any atom is -0.429 e. The lowest BCUT2D eigenvalue weighted by molar-refractivity contribution is -0.0547. The van der Waals surface area contributed by atoms with Gasteiger partial charge in [0.2, 0.25) is 5.71 Å². The molecular weight excluding hydrogens is 352 g/mol. The van der Waals surface area contributed by atoms with Crippen LogP contribution in [0.1, 0.15) is 51.0 Å². The second kappa shape index (κ2) is 8.67. The molecule has 2 aromatic heterocycles. The molecule has 0 radical (unpaired) electrons. The topological polar surface area (TPSA) is 118 Å². The van der Waals surface area contributed by atoms with Crippen LogP contribution in [0.15, 0.2) is 21.5 Å². The molecule has 0 aromatic carbocycles. The third-order valence-electron chi connectivity index (χ3n) is 4.59. The lowest BCUT2D eigenvalue weighted by Gasteiger charge is -2.16. The van der Waals surface area contributed by atoms with Gasteiger partial charge in [-0.3, -0.25) is 4.57 Å². The number of ether oxygens (including phenoxy) is 1. The maximum atomic E-state index is 12.3. The SMILES string of the molecule is CCCCCCC#Cc1cc2cn([C@@H]3O[C@H](CO)[C@@H](O)[C@H]3O)c(=O)nc2o1. The van der Waals surface area contributed by atoms with E-state index in [1.165, 1.54) is 19.0 Å². The van der Waals surface area contributed by atoms with Gasteiger partial charge in [0.1, 0.15) is 18.3 Å². The van der Waals surface area contributed by atoms with E-state index in [0.717, 1.165) is 23.8 Å². The molecule has 27 heavy (non-hydrogen) atoms. The highest BCUT2D eigenvalue weighted by Crippen LogP contribution is 2.29. The number of aliphatic hydroxyl groups excluding tert-OH is 3. The summed E-state index contributed by atoms with van der Waals surface area (Å²) in [5.74, 6) is 6.39. The standard InChI is InChI=1S/C19H24N2O6/c1-2-3-4-5-6-7-8-13-9-12-10-21(19(25)20-17(12)26-13)18-16(24)15(23)14(11-22)27-18/h9-10,14-16,18,22-24H,2-6,11H2,1H3/t14-,15-,16-,18-/m1/s1. The minimum absolute atomic E-state index is 0.151. The van der Waals surface area contributed by atoms with Crippen LogP contribution in [0.4, 0.5) is 0 Å². The molecule has 0 bridgehead atoms. The third-order valence-corrected chi connectivity index (χ3v) is 4.59. The van der Waals surface area contributed by atoms with Crippen molar-refractivity contribution in [2.45, 2.75) is 63.6 Å². The fourth-order valence-corrected chi connectivity index (χ4v) is 3.07. The molecule has 3 N–H and O–H groups in total. The maximum Gasteiger partial charge on any atom is 0.353 e. The van der Waals surface area contributed by atoms with Crippen LogP contribution in [0, 0.1) is 11.8 Å². The van der Waals surface area contributed by atoms with Crippen molar-refractivity contribution in [1.82, 2.24) is 9.55 Å². The molecule has 0 saturated carbocycles. The van der Waals surface area contributed by atoms with Gasteiger partial charge in [-0.25, -0.2) is 4.79 Å². The summed E-state index contributed by atoms with van der Waals surface area (Å²) in [6, 6.07) is 1.67. The maximum absolute atomic E-state index is 12.3. The van der Waals surface area contributed by atoms with Gasteiger partial charge in [-0.2, -0.15) is 4.98 Å². The van der Waals surface area contributed by atoms with Gasteiger partial charge in [0.25, 0.3) is 0 Å². The Morgan fingerprint density at radius 2 is 2.07 bits per heavy atom. The van der Waals surface area contributed by atoms with Gasteiger partial charge in [0, 0.05) is 18.7 Å². The van der Waals surface area contributed by atoms with E-state index in [0.29, 0.717) is 11.1 Å². The van der Waals surface area contributed by atoms with Crippen LogP contribution < -0.4 is 5.69 Å². The first-order valence-corrected chi connectivity index (χ1v) is 9.19. The van der Waals surface area contributed by atoms with Gasteiger partial charge >= 0.3 is 5.69 Å². The van der Waals surface area contributed by atoms with E-state index in [-0.39, 0.29) is 5.71 Å². The Morgan fingerprint density at radius 1 is 1.26 bits per heavy atom. The summed E-state index contributed by atoms with van der Waals surface area (Å²) in [4.78, 5) is 16.1. The number of nitrogens with zero attached hydrogens (tertiary/aromatic N) is 2. The number of aliphatic hydroxyl groups is 3. The van der Waals surface area contributed by atoms with Gasteiger partial charge in [-0.1, -0.05) is 32.1 Å². The molecule has 8 heteroatoms. The summed E-state index contributed by atoms with van der Waals surface area (Å²) in [6.07, 6.45) is 2.04. The predicted octanol–water partition coefficient (Wildman–Crippen LogP) is 0.923. The highest BCUT2D eigenvalue weighted by atomic mass is 16.6. The van der Waals surface area contributed by atoms with Crippen molar-refractivity contribution in [2.75, 3.05) is 6.61 Å². The first-order chi connectivity index (χ1) is 13.0. The largest absolute Gasteiger partial charge is 0.429 e. The smallest absolute Gasteiger partial charge is 0.353 e. The van der Waals surface area contributed by atoms with Gasteiger partial charge in [0.05, 0.1) is 12.0 Å². The van der Waals surface area contributed by atoms with Crippen molar-refractivity contribution in [1.29, 1.82) is 0 Å². The summed E-state index contributed by atoms with van der Waals surface area (Å²) in [5, 5.41) is 29.7. The monoisotopic (exact) mass is 376 g/mol. The second-order valence-electron chi connectivity index (χ2n) is 6.64. The van der Waals surface area contributed by atoms with Crippen LogP contribution in [-0.4, -0.2) is 49.8 Å². The van der Waals surface area contributed by atoms with E-state index in [4.69, 9.17) is 9.15 Å². The molecule has 1 aliphatic heterocycles. The Kier molecular flexibility index (Phi) is 6.29. The summed E-state index contributed by atoms with van der Waals surface area (Å²) in [6.45, 7) is 1.69. The fourth-order valence-electron chi connectivity index (χ4n) is 3.07. The Balaban J connectivity index is 1.79. The third kappa shape index (κ3) is 4.22. The van der Waals surface area contributed by atoms with Crippen molar-refractivity contribution in [3.05, 3.63) is 28.5 Å². The quantitative estimate of drug-likeness (QED) is 0.507. The summed E-state index contributed by atoms with van der Waals surface area (Å²) in [5.41, 5.74) is -0.538. The molecule has 146 valence electrons. The van der Waals surface area contributed by atoms with E-state index >= 15 is 0 Å². The molecular formula is C19H24N2O6. The Morgan fingerprint density at radius 3 is 2.78 bits per heavy atom. The molecule has 0 amide bonds. The molecule has 3 rings (SSSR count). The Labute approximate surface area is 156 Å². The molecule has 0 spiro atoms. The molecule has 0 unspecified atom stereocenters. The lowest BCUT2D eigenvalue weighted by atomic mass is 10.1. The molecule has 2 aromatic rings. The number of furan rings is 1. The number of aromatic nitrogens is 2. The van der Waals surface area contributed by atoms with Crippen molar-refractivity contribution >= 4 is 11.1 Å². The van der Waals surface area contributed by atoms with Crippen LogP contribution >= 0.6 is 0 Å². The number of rotatable bonds is 6. The van der Waals surface area contributed by atoms with E-state index in [2.05, 4.69) is 23.7 Å². The van der Waals surface area contributed by atoms with Crippen LogP contribution in [0.2, 0.25) is 0 Å².